The number of hydrogen-bond acceptors (Lipinski definition) is 2. The largest absolute Gasteiger partial charge is 0.505 e. The van der Waals surface area contributed by atoms with Gasteiger partial charge in [-0.05, 0) is 23.8 Å². The smallest absolute Gasteiger partial charge is 0.328 e. The first-order valence-electron chi connectivity index (χ1n) is 3.59. The van der Waals surface area contributed by atoms with Crippen molar-refractivity contribution < 1.29 is 15.0 Å². The van der Waals surface area contributed by atoms with Gasteiger partial charge in [-0.15, -0.1) is 0 Å². The lowest BCUT2D eigenvalue weighted by Gasteiger charge is -2.00. The predicted molar refractivity (Wildman–Crippen MR) is 54.8 cm³/mol. The van der Waals surface area contributed by atoms with Crippen molar-refractivity contribution >= 4 is 35.2 Å². The topological polar surface area (TPSA) is 57.5 Å². The molecule has 0 atom stereocenters. The summed E-state index contributed by atoms with van der Waals surface area (Å²) in [6.45, 7) is 0. The minimum Gasteiger partial charge on any atom is -0.505 e. The molecule has 0 aliphatic rings. The first kappa shape index (κ1) is 10.9. The van der Waals surface area contributed by atoms with Gasteiger partial charge in [0, 0.05) is 6.08 Å². The highest BCUT2D eigenvalue weighted by atomic mass is 35.5. The van der Waals surface area contributed by atoms with Gasteiger partial charge in [-0.3, -0.25) is 0 Å². The molecule has 0 saturated carbocycles. The van der Waals surface area contributed by atoms with Gasteiger partial charge in [-0.25, -0.2) is 4.79 Å². The molecule has 0 aliphatic carbocycles. The van der Waals surface area contributed by atoms with Crippen molar-refractivity contribution in [2.45, 2.75) is 0 Å². The van der Waals surface area contributed by atoms with Crippen LogP contribution in [-0.4, -0.2) is 16.2 Å². The van der Waals surface area contributed by atoms with Crippen molar-refractivity contribution in [2.75, 3.05) is 0 Å². The van der Waals surface area contributed by atoms with E-state index in [1.54, 1.807) is 0 Å². The van der Waals surface area contributed by atoms with Crippen LogP contribution in [0.2, 0.25) is 10.0 Å². The lowest BCUT2D eigenvalue weighted by Crippen LogP contribution is -1.85. The third-order valence-electron chi connectivity index (χ3n) is 1.46. The second-order valence-corrected chi connectivity index (χ2v) is 3.32. The second-order valence-electron chi connectivity index (χ2n) is 2.50. The van der Waals surface area contributed by atoms with Crippen molar-refractivity contribution in [1.82, 2.24) is 0 Å². The summed E-state index contributed by atoms with van der Waals surface area (Å²) in [5.74, 6) is -1.27. The van der Waals surface area contributed by atoms with Gasteiger partial charge in [0.05, 0.1) is 10.0 Å². The second kappa shape index (κ2) is 4.35. The highest BCUT2D eigenvalue weighted by Crippen LogP contribution is 2.32. The fraction of sp³-hybridized carbons (Fsp3) is 0. The molecule has 74 valence electrons. The first-order valence-corrected chi connectivity index (χ1v) is 4.35. The Kier molecular flexibility index (Phi) is 3.38. The van der Waals surface area contributed by atoms with Crippen molar-refractivity contribution in [3.63, 3.8) is 0 Å². The van der Waals surface area contributed by atoms with E-state index < -0.39 is 5.97 Å². The van der Waals surface area contributed by atoms with Gasteiger partial charge in [0.1, 0.15) is 0 Å². The van der Waals surface area contributed by atoms with Crippen LogP contribution < -0.4 is 0 Å². The van der Waals surface area contributed by atoms with E-state index >= 15 is 0 Å². The van der Waals surface area contributed by atoms with Crippen LogP contribution in [0.4, 0.5) is 0 Å². The molecule has 0 fully saturated rings. The van der Waals surface area contributed by atoms with E-state index in [4.69, 9.17) is 28.3 Å². The molecule has 14 heavy (non-hydrogen) atoms. The Labute approximate surface area is 90.2 Å². The maximum atomic E-state index is 10.2. The van der Waals surface area contributed by atoms with Crippen molar-refractivity contribution in [2.24, 2.45) is 0 Å². The molecule has 0 spiro atoms. The normalized spacial score (nSPS) is 10.7. The van der Waals surface area contributed by atoms with Crippen LogP contribution in [0.5, 0.6) is 5.75 Å². The molecule has 2 N–H and O–H groups in total. The highest BCUT2D eigenvalue weighted by molar-refractivity contribution is 6.37. The number of phenolic OH excluding ortho intramolecular Hbond substituents is 1. The van der Waals surface area contributed by atoms with Gasteiger partial charge in [0.2, 0.25) is 0 Å². The van der Waals surface area contributed by atoms with Gasteiger partial charge >= 0.3 is 5.97 Å². The number of rotatable bonds is 2. The van der Waals surface area contributed by atoms with Crippen LogP contribution >= 0.6 is 23.2 Å². The number of aliphatic carboxylic acids is 1. The standard InChI is InChI=1S/C9H6Cl2O3/c10-6-3-5(1-2-8(12)13)4-7(11)9(6)14/h1-4,14H,(H,12,13). The summed E-state index contributed by atoms with van der Waals surface area (Å²) < 4.78 is 0. The van der Waals surface area contributed by atoms with Crippen molar-refractivity contribution in [3.8, 4) is 5.75 Å². The summed E-state index contributed by atoms with van der Waals surface area (Å²) in [4.78, 5) is 10.2. The van der Waals surface area contributed by atoms with Crippen molar-refractivity contribution in [3.05, 3.63) is 33.8 Å². The van der Waals surface area contributed by atoms with Crippen LogP contribution in [0.25, 0.3) is 6.08 Å². The maximum absolute atomic E-state index is 10.2. The minimum atomic E-state index is -1.06. The summed E-state index contributed by atoms with van der Waals surface area (Å²) in [5, 5.41) is 17.7. The number of hydrogen-bond donors (Lipinski definition) is 2. The van der Waals surface area contributed by atoms with Crippen LogP contribution in [0, 0.1) is 0 Å². The fourth-order valence-corrected chi connectivity index (χ4v) is 1.35. The fourth-order valence-electron chi connectivity index (χ4n) is 0.849. The van der Waals surface area contributed by atoms with E-state index in [2.05, 4.69) is 0 Å². The van der Waals surface area contributed by atoms with E-state index in [1.807, 2.05) is 0 Å². The lowest BCUT2D eigenvalue weighted by atomic mass is 10.2. The number of carboxylic acids is 1. The molecule has 1 aromatic rings. The van der Waals surface area contributed by atoms with Crippen LogP contribution in [0.1, 0.15) is 5.56 Å². The molecule has 0 saturated heterocycles. The zero-order valence-corrected chi connectivity index (χ0v) is 8.38. The Balaban J connectivity index is 3.07. The maximum Gasteiger partial charge on any atom is 0.328 e. The molecule has 0 bridgehead atoms. The third-order valence-corrected chi connectivity index (χ3v) is 2.03. The van der Waals surface area contributed by atoms with Gasteiger partial charge in [0.25, 0.3) is 0 Å². The van der Waals surface area contributed by atoms with Crippen LogP contribution in [0.15, 0.2) is 18.2 Å². The average Bonchev–Trinajstić information content (AvgIpc) is 2.10. The number of carbonyl (C=O) groups is 1. The summed E-state index contributed by atoms with van der Waals surface area (Å²) >= 11 is 11.2. The summed E-state index contributed by atoms with van der Waals surface area (Å²) in [6.07, 6.45) is 2.29. The molecule has 0 radical (unpaired) electrons. The summed E-state index contributed by atoms with van der Waals surface area (Å²) in [6, 6.07) is 2.84. The van der Waals surface area contributed by atoms with E-state index in [0.717, 1.165) is 6.08 Å². The number of phenols is 1. The molecule has 5 heteroatoms. The molecule has 0 heterocycles. The van der Waals surface area contributed by atoms with E-state index in [0.29, 0.717) is 5.56 Å². The molecule has 0 aliphatic heterocycles. The molecule has 1 rings (SSSR count). The van der Waals surface area contributed by atoms with Crippen molar-refractivity contribution in [1.29, 1.82) is 0 Å². The average molecular weight is 233 g/mol. The number of carboxylic acid groups (broad SMARTS) is 1. The molecule has 1 aromatic carbocycles. The molecule has 0 amide bonds. The quantitative estimate of drug-likeness (QED) is 0.772. The Morgan fingerprint density at radius 3 is 2.21 bits per heavy atom. The zero-order valence-electron chi connectivity index (χ0n) is 6.87. The van der Waals surface area contributed by atoms with Gasteiger partial charge in [-0.1, -0.05) is 23.2 Å². The van der Waals surface area contributed by atoms with Crippen LogP contribution in [-0.2, 0) is 4.79 Å². The Morgan fingerprint density at radius 2 is 1.79 bits per heavy atom. The molecule has 0 aromatic heterocycles. The Hall–Kier alpha value is -1.19. The molecule has 0 unspecified atom stereocenters. The number of halogens is 2. The molecule has 3 nitrogen and oxygen atoms in total. The predicted octanol–water partition coefficient (Wildman–Crippen LogP) is 2.80. The van der Waals surface area contributed by atoms with Gasteiger partial charge in [0.15, 0.2) is 5.75 Å². The monoisotopic (exact) mass is 232 g/mol. The summed E-state index contributed by atoms with van der Waals surface area (Å²) in [5.41, 5.74) is 0.514. The lowest BCUT2D eigenvalue weighted by molar-refractivity contribution is -0.131. The molecular formula is C9H6Cl2O3. The third kappa shape index (κ3) is 2.65. The van der Waals surface area contributed by atoms with Gasteiger partial charge < -0.3 is 10.2 Å². The number of benzene rings is 1. The summed E-state index contributed by atoms with van der Waals surface area (Å²) in [7, 11) is 0. The Bertz CT molecular complexity index is 376. The van der Waals surface area contributed by atoms with Gasteiger partial charge in [-0.2, -0.15) is 0 Å². The van der Waals surface area contributed by atoms with E-state index in [-0.39, 0.29) is 15.8 Å². The highest BCUT2D eigenvalue weighted by Gasteiger charge is 2.04. The Morgan fingerprint density at radius 1 is 1.29 bits per heavy atom. The van der Waals surface area contributed by atoms with E-state index in [1.165, 1.54) is 18.2 Å². The van der Waals surface area contributed by atoms with Crippen LogP contribution in [0.3, 0.4) is 0 Å². The molecular weight excluding hydrogens is 227 g/mol. The minimum absolute atomic E-state index is 0.0857. The zero-order chi connectivity index (χ0) is 10.7. The SMILES string of the molecule is O=C(O)C=Cc1cc(Cl)c(O)c(Cl)c1. The first-order chi connectivity index (χ1) is 6.50. The number of aromatic hydroxyl groups is 1. The van der Waals surface area contributed by atoms with E-state index in [9.17, 15) is 9.90 Å².